The van der Waals surface area contributed by atoms with Crippen molar-refractivity contribution in [3.05, 3.63) is 0 Å². The van der Waals surface area contributed by atoms with Gasteiger partial charge in [-0.05, 0) is 0 Å². The predicted octanol–water partition coefficient (Wildman–Crippen LogP) is -1.55. The summed E-state index contributed by atoms with van der Waals surface area (Å²) in [5.41, 5.74) is 0. The van der Waals surface area contributed by atoms with E-state index >= 15 is 0 Å². The fourth-order valence-electron chi connectivity index (χ4n) is 1.25. The summed E-state index contributed by atoms with van der Waals surface area (Å²) in [6.07, 6.45) is -0.725. The summed E-state index contributed by atoms with van der Waals surface area (Å²) >= 11 is 0. The third-order valence-corrected chi connectivity index (χ3v) is 2.21. The lowest BCUT2D eigenvalue weighted by molar-refractivity contribution is -0.197. The lowest BCUT2D eigenvalue weighted by Crippen LogP contribution is -2.32. The number of imide groups is 1. The molecule has 22 heavy (non-hydrogen) atoms. The van der Waals surface area contributed by atoms with E-state index in [4.69, 9.17) is 15.3 Å². The molecule has 0 spiro atoms. The van der Waals surface area contributed by atoms with Crippen molar-refractivity contribution in [2.45, 2.75) is 25.7 Å². The van der Waals surface area contributed by atoms with Gasteiger partial charge in [-0.1, -0.05) is 0 Å². The number of hydrogen-bond acceptors (Lipinski definition) is 8. The van der Waals surface area contributed by atoms with E-state index in [1.807, 2.05) is 0 Å². The van der Waals surface area contributed by atoms with Crippen molar-refractivity contribution in [2.75, 3.05) is 26.4 Å². The number of carbonyl (C=O) groups excluding carboxylic acids is 3. The van der Waals surface area contributed by atoms with E-state index in [0.717, 1.165) is 0 Å². The van der Waals surface area contributed by atoms with Crippen molar-refractivity contribution in [3.8, 4) is 0 Å². The van der Waals surface area contributed by atoms with Gasteiger partial charge in [0, 0.05) is 12.8 Å². The summed E-state index contributed by atoms with van der Waals surface area (Å²) in [5, 5.41) is 24.8. The number of aliphatic hydroxyl groups excluding tert-OH is 2. The van der Waals surface area contributed by atoms with Crippen LogP contribution in [-0.2, 0) is 28.8 Å². The van der Waals surface area contributed by atoms with Crippen LogP contribution in [0.5, 0.6) is 0 Å². The number of carboxylic acids is 1. The number of rotatable bonds is 8. The van der Waals surface area contributed by atoms with Crippen molar-refractivity contribution >= 4 is 23.8 Å². The lowest BCUT2D eigenvalue weighted by atomic mass is 10.3. The molecule has 0 aromatic carbocycles. The van der Waals surface area contributed by atoms with E-state index in [2.05, 4.69) is 9.57 Å². The Labute approximate surface area is 126 Å². The third-order valence-electron chi connectivity index (χ3n) is 2.21. The summed E-state index contributed by atoms with van der Waals surface area (Å²) < 4.78 is 4.63. The van der Waals surface area contributed by atoms with Crippen LogP contribution in [-0.4, -0.2) is 70.6 Å². The molecular weight excluding hydrogens is 302 g/mol. The Morgan fingerprint density at radius 2 is 1.50 bits per heavy atom. The van der Waals surface area contributed by atoms with Gasteiger partial charge in [0.05, 0.1) is 39.3 Å². The van der Waals surface area contributed by atoms with Crippen molar-refractivity contribution in [3.63, 3.8) is 0 Å². The highest BCUT2D eigenvalue weighted by molar-refractivity contribution is 6.01. The molecule has 0 bridgehead atoms. The van der Waals surface area contributed by atoms with Gasteiger partial charge < -0.3 is 24.9 Å². The van der Waals surface area contributed by atoms with Gasteiger partial charge in [-0.2, -0.15) is 0 Å². The first kappa shape index (κ1) is 20.0. The molecule has 0 aromatic heterocycles. The number of amides is 2. The number of hydroxylamine groups is 2. The fraction of sp³-hybridized carbons (Fsp3) is 0.667. The van der Waals surface area contributed by atoms with Gasteiger partial charge in [0.1, 0.15) is 0 Å². The molecule has 0 aromatic rings. The van der Waals surface area contributed by atoms with Crippen LogP contribution in [0.25, 0.3) is 0 Å². The molecule has 1 saturated heterocycles. The van der Waals surface area contributed by atoms with Crippen molar-refractivity contribution < 1.29 is 44.1 Å². The van der Waals surface area contributed by atoms with Crippen LogP contribution in [0.2, 0.25) is 0 Å². The molecule has 1 rings (SSSR count). The Kier molecular flexibility index (Phi) is 10.5. The molecule has 3 N–H and O–H groups in total. The molecule has 0 radical (unpaired) electrons. The number of carboxylic acid groups (broad SMARTS) is 1. The van der Waals surface area contributed by atoms with E-state index in [0.29, 0.717) is 18.3 Å². The summed E-state index contributed by atoms with van der Waals surface area (Å²) in [6, 6.07) is 0. The molecule has 10 heteroatoms. The monoisotopic (exact) mass is 321 g/mol. The number of ether oxygens (including phenoxy) is 1. The van der Waals surface area contributed by atoms with Crippen LogP contribution in [0.4, 0.5) is 0 Å². The summed E-state index contributed by atoms with van der Waals surface area (Å²) in [6.45, 7) is 0.696. The first-order valence-electron chi connectivity index (χ1n) is 6.50. The minimum Gasteiger partial charge on any atom is -0.481 e. The van der Waals surface area contributed by atoms with Gasteiger partial charge in [-0.25, -0.2) is 4.79 Å². The topological polar surface area (TPSA) is 151 Å². The van der Waals surface area contributed by atoms with Crippen LogP contribution < -0.4 is 0 Å². The van der Waals surface area contributed by atoms with Crippen molar-refractivity contribution in [1.82, 2.24) is 5.06 Å². The first-order chi connectivity index (χ1) is 10.4. The first-order valence-corrected chi connectivity index (χ1v) is 6.50. The minimum absolute atomic E-state index is 0.0189. The van der Waals surface area contributed by atoms with Crippen LogP contribution in [0, 0.1) is 0 Å². The number of nitrogens with zero attached hydrogens (tertiary/aromatic N) is 1. The molecule has 0 saturated carbocycles. The largest absolute Gasteiger partial charge is 0.481 e. The molecule has 0 atom stereocenters. The normalized spacial score (nSPS) is 13.6. The zero-order chi connectivity index (χ0) is 17.0. The molecule has 126 valence electrons. The smallest absolute Gasteiger partial charge is 0.333 e. The second-order valence-electron chi connectivity index (χ2n) is 4.00. The minimum atomic E-state index is -1.15. The highest BCUT2D eigenvalue weighted by Crippen LogP contribution is 2.12. The van der Waals surface area contributed by atoms with Crippen LogP contribution in [0.1, 0.15) is 25.7 Å². The number of aliphatic hydroxyl groups is 2. The molecule has 0 aliphatic carbocycles. The van der Waals surface area contributed by atoms with Crippen molar-refractivity contribution in [2.24, 2.45) is 0 Å². The average molecular weight is 321 g/mol. The van der Waals surface area contributed by atoms with E-state index in [1.165, 1.54) is 0 Å². The molecule has 1 aliphatic heterocycles. The van der Waals surface area contributed by atoms with Gasteiger partial charge >= 0.3 is 11.9 Å². The summed E-state index contributed by atoms with van der Waals surface area (Å²) in [4.78, 5) is 47.4. The van der Waals surface area contributed by atoms with Crippen LogP contribution >= 0.6 is 0 Å². The maximum absolute atomic E-state index is 11.0. The molecular formula is C12H19NO9. The van der Waals surface area contributed by atoms with E-state index in [9.17, 15) is 19.2 Å². The average Bonchev–Trinajstić information content (AvgIpc) is 2.78. The van der Waals surface area contributed by atoms with Crippen molar-refractivity contribution in [1.29, 1.82) is 0 Å². The summed E-state index contributed by atoms with van der Waals surface area (Å²) in [5.74, 6) is -3.21. The number of carbonyl (C=O) groups is 4. The Morgan fingerprint density at radius 3 is 1.91 bits per heavy atom. The zero-order valence-corrected chi connectivity index (χ0v) is 11.9. The zero-order valence-electron chi connectivity index (χ0n) is 11.9. The van der Waals surface area contributed by atoms with Crippen LogP contribution in [0.3, 0.4) is 0 Å². The Morgan fingerprint density at radius 1 is 1.00 bits per heavy atom. The van der Waals surface area contributed by atoms with E-state index < -0.39 is 30.2 Å². The highest BCUT2D eigenvalue weighted by Gasteiger charge is 2.32. The van der Waals surface area contributed by atoms with Gasteiger partial charge in [0.2, 0.25) is 0 Å². The number of aliphatic carboxylic acids is 1. The SMILES string of the molecule is O=C(O)CCC(=O)ON1C(=O)CCC1=O.OCCOCCO. The molecule has 0 unspecified atom stereocenters. The summed E-state index contributed by atoms with van der Waals surface area (Å²) in [7, 11) is 0. The molecule has 1 aliphatic rings. The lowest BCUT2D eigenvalue weighted by Gasteiger charge is -2.11. The second kappa shape index (κ2) is 11.6. The highest BCUT2D eigenvalue weighted by atomic mass is 16.7. The number of hydrogen-bond donors (Lipinski definition) is 3. The quantitative estimate of drug-likeness (QED) is 0.356. The Bertz CT molecular complexity index is 376. The third kappa shape index (κ3) is 9.00. The molecule has 2 amide bonds. The van der Waals surface area contributed by atoms with Gasteiger partial charge in [0.25, 0.3) is 11.8 Å². The van der Waals surface area contributed by atoms with E-state index in [1.54, 1.807) is 0 Å². The predicted molar refractivity (Wildman–Crippen MR) is 69.0 cm³/mol. The maximum atomic E-state index is 11.0. The van der Waals surface area contributed by atoms with Crippen LogP contribution in [0.15, 0.2) is 0 Å². The molecule has 1 heterocycles. The Hall–Kier alpha value is -2.04. The second-order valence-corrected chi connectivity index (χ2v) is 4.00. The van der Waals surface area contributed by atoms with Gasteiger partial charge in [-0.3, -0.25) is 14.4 Å². The molecule has 1 fully saturated rings. The Balaban J connectivity index is 0.000000534. The molecule has 10 nitrogen and oxygen atoms in total. The standard InChI is InChI=1S/C8H9NO6.C4H10O3/c10-5-1-2-6(11)9(5)15-8(14)4-3-7(12)13;5-1-3-7-4-2-6/h1-4H2,(H,12,13);5-6H,1-4H2. The van der Waals surface area contributed by atoms with E-state index in [-0.39, 0.29) is 32.5 Å². The maximum Gasteiger partial charge on any atom is 0.333 e. The van der Waals surface area contributed by atoms with Gasteiger partial charge in [-0.15, -0.1) is 5.06 Å². The fourth-order valence-corrected chi connectivity index (χ4v) is 1.25. The van der Waals surface area contributed by atoms with Gasteiger partial charge in [0.15, 0.2) is 0 Å².